The van der Waals surface area contributed by atoms with Crippen molar-refractivity contribution in [1.82, 2.24) is 0 Å². The highest BCUT2D eigenvalue weighted by molar-refractivity contribution is 9.10. The van der Waals surface area contributed by atoms with Gasteiger partial charge in [-0.25, -0.2) is 0 Å². The van der Waals surface area contributed by atoms with Gasteiger partial charge in [0.1, 0.15) is 13.2 Å². The molecule has 0 aliphatic carbocycles. The molecule has 0 saturated heterocycles. The molecule has 0 saturated carbocycles. The predicted octanol–water partition coefficient (Wildman–Crippen LogP) is 4.20. The van der Waals surface area contributed by atoms with Crippen LogP contribution in [0.25, 0.3) is 0 Å². The van der Waals surface area contributed by atoms with Crippen LogP contribution in [0.2, 0.25) is 0 Å². The lowest BCUT2D eigenvalue weighted by Gasteiger charge is -2.18. The van der Waals surface area contributed by atoms with Crippen molar-refractivity contribution in [3.05, 3.63) is 52.5 Å². The van der Waals surface area contributed by atoms with E-state index in [4.69, 9.17) is 9.47 Å². The molecule has 3 rings (SSSR count). The normalized spacial score (nSPS) is 13.0. The fraction of sp³-hybridized carbons (Fsp3) is 0.188. The van der Waals surface area contributed by atoms with Crippen LogP contribution < -0.4 is 9.47 Å². The smallest absolute Gasteiger partial charge is 0.173 e. The van der Waals surface area contributed by atoms with Crippen molar-refractivity contribution in [2.75, 3.05) is 19.0 Å². The molecule has 0 atom stereocenters. The van der Waals surface area contributed by atoms with E-state index in [1.165, 1.54) is 11.8 Å². The maximum absolute atomic E-state index is 12.2. The Balaban J connectivity index is 1.66. The van der Waals surface area contributed by atoms with Gasteiger partial charge >= 0.3 is 0 Å². The number of carbonyl (C=O) groups excluding carboxylic acids is 1. The summed E-state index contributed by atoms with van der Waals surface area (Å²) in [5.74, 6) is 2.03. The molecule has 3 nitrogen and oxygen atoms in total. The summed E-state index contributed by atoms with van der Waals surface area (Å²) in [7, 11) is 0. The van der Waals surface area contributed by atoms with Gasteiger partial charge in [-0.05, 0) is 30.3 Å². The number of carbonyl (C=O) groups is 1. The molecule has 108 valence electrons. The Kier molecular flexibility index (Phi) is 4.51. The number of ketones is 1. The van der Waals surface area contributed by atoms with E-state index in [1.807, 2.05) is 42.5 Å². The zero-order valence-corrected chi connectivity index (χ0v) is 13.6. The summed E-state index contributed by atoms with van der Waals surface area (Å²) in [6, 6.07) is 13.2. The lowest BCUT2D eigenvalue weighted by atomic mass is 10.2. The standard InChI is InChI=1S/C16H13BrO3S/c17-12-3-1-2-11(8-12)14(18)10-21-13-4-5-15-16(9-13)20-7-6-19-15/h1-5,8-9H,6-7,10H2. The largest absolute Gasteiger partial charge is 0.486 e. The topological polar surface area (TPSA) is 35.5 Å². The van der Waals surface area contributed by atoms with Crippen molar-refractivity contribution in [1.29, 1.82) is 0 Å². The average molecular weight is 365 g/mol. The molecule has 0 spiro atoms. The highest BCUT2D eigenvalue weighted by atomic mass is 79.9. The molecule has 1 aliphatic rings. The summed E-state index contributed by atoms with van der Waals surface area (Å²) in [6.07, 6.45) is 0. The van der Waals surface area contributed by atoms with E-state index in [-0.39, 0.29) is 5.78 Å². The van der Waals surface area contributed by atoms with Crippen molar-refractivity contribution < 1.29 is 14.3 Å². The number of thioether (sulfide) groups is 1. The number of rotatable bonds is 4. The van der Waals surface area contributed by atoms with Crippen molar-refractivity contribution in [2.24, 2.45) is 0 Å². The van der Waals surface area contributed by atoms with Crippen molar-refractivity contribution in [3.63, 3.8) is 0 Å². The van der Waals surface area contributed by atoms with Gasteiger partial charge in [0.2, 0.25) is 0 Å². The Labute approximate surface area is 135 Å². The van der Waals surface area contributed by atoms with Crippen LogP contribution in [0.1, 0.15) is 10.4 Å². The van der Waals surface area contributed by atoms with Crippen LogP contribution in [-0.4, -0.2) is 24.7 Å². The van der Waals surface area contributed by atoms with Crippen LogP contribution in [0.15, 0.2) is 51.8 Å². The summed E-state index contributed by atoms with van der Waals surface area (Å²) in [4.78, 5) is 13.2. The van der Waals surface area contributed by atoms with Crippen molar-refractivity contribution >= 4 is 33.5 Å². The summed E-state index contributed by atoms with van der Waals surface area (Å²) in [5, 5.41) is 0. The second-order valence-electron chi connectivity index (χ2n) is 4.53. The zero-order chi connectivity index (χ0) is 14.7. The molecule has 0 unspecified atom stereocenters. The van der Waals surface area contributed by atoms with Gasteiger partial charge in [0.25, 0.3) is 0 Å². The van der Waals surface area contributed by atoms with Gasteiger partial charge < -0.3 is 9.47 Å². The molecular formula is C16H13BrO3S. The summed E-state index contributed by atoms with van der Waals surface area (Å²) >= 11 is 4.88. The Morgan fingerprint density at radius 3 is 2.71 bits per heavy atom. The summed E-state index contributed by atoms with van der Waals surface area (Å²) in [6.45, 7) is 1.15. The van der Waals surface area contributed by atoms with E-state index < -0.39 is 0 Å². The van der Waals surface area contributed by atoms with E-state index in [0.29, 0.717) is 19.0 Å². The Morgan fingerprint density at radius 1 is 1.10 bits per heavy atom. The Hall–Kier alpha value is -1.46. The van der Waals surface area contributed by atoms with E-state index in [9.17, 15) is 4.79 Å². The fourth-order valence-corrected chi connectivity index (χ4v) is 3.23. The first-order valence-electron chi connectivity index (χ1n) is 6.53. The molecular weight excluding hydrogens is 352 g/mol. The fourth-order valence-electron chi connectivity index (χ4n) is 2.01. The van der Waals surface area contributed by atoms with E-state index >= 15 is 0 Å². The number of hydrogen-bond donors (Lipinski definition) is 0. The minimum atomic E-state index is 0.108. The van der Waals surface area contributed by atoms with Gasteiger partial charge in [-0.1, -0.05) is 28.1 Å². The average Bonchev–Trinajstić information content (AvgIpc) is 2.52. The molecule has 0 fully saturated rings. The maximum Gasteiger partial charge on any atom is 0.173 e. The molecule has 2 aromatic rings. The lowest BCUT2D eigenvalue weighted by molar-refractivity contribution is 0.102. The Morgan fingerprint density at radius 2 is 1.90 bits per heavy atom. The molecule has 0 radical (unpaired) electrons. The zero-order valence-electron chi connectivity index (χ0n) is 11.2. The molecule has 0 aromatic heterocycles. The van der Waals surface area contributed by atoms with Gasteiger partial charge in [0.05, 0.1) is 5.75 Å². The van der Waals surface area contributed by atoms with Crippen LogP contribution in [0, 0.1) is 0 Å². The van der Waals surface area contributed by atoms with Crippen LogP contribution in [0.3, 0.4) is 0 Å². The molecule has 0 amide bonds. The maximum atomic E-state index is 12.2. The molecule has 0 bridgehead atoms. The van der Waals surface area contributed by atoms with Crippen LogP contribution in [0.4, 0.5) is 0 Å². The molecule has 5 heteroatoms. The second-order valence-corrected chi connectivity index (χ2v) is 6.49. The van der Waals surface area contributed by atoms with Gasteiger partial charge in [-0.15, -0.1) is 11.8 Å². The molecule has 1 aliphatic heterocycles. The monoisotopic (exact) mass is 364 g/mol. The van der Waals surface area contributed by atoms with Crippen LogP contribution in [0.5, 0.6) is 11.5 Å². The number of fused-ring (bicyclic) bond motifs is 1. The first-order valence-corrected chi connectivity index (χ1v) is 8.31. The Bertz CT molecular complexity index is 672. The summed E-state index contributed by atoms with van der Waals surface area (Å²) < 4.78 is 11.9. The predicted molar refractivity (Wildman–Crippen MR) is 86.6 cm³/mol. The number of Topliss-reactive ketones (excluding diaryl/α,β-unsaturated/α-hetero) is 1. The molecule has 2 aromatic carbocycles. The molecule has 1 heterocycles. The van der Waals surface area contributed by atoms with E-state index in [0.717, 1.165) is 26.4 Å². The van der Waals surface area contributed by atoms with Crippen LogP contribution >= 0.6 is 27.7 Å². The SMILES string of the molecule is O=C(CSc1ccc2c(c1)OCCO2)c1cccc(Br)c1. The third-order valence-corrected chi connectivity index (χ3v) is 4.52. The van der Waals surface area contributed by atoms with Crippen molar-refractivity contribution in [3.8, 4) is 11.5 Å². The minimum absolute atomic E-state index is 0.108. The first kappa shape index (κ1) is 14.5. The number of ether oxygens (including phenoxy) is 2. The third kappa shape index (κ3) is 3.60. The number of benzene rings is 2. The third-order valence-electron chi connectivity index (χ3n) is 3.03. The number of hydrogen-bond acceptors (Lipinski definition) is 4. The van der Waals surface area contributed by atoms with E-state index in [1.54, 1.807) is 0 Å². The quantitative estimate of drug-likeness (QED) is 0.601. The van der Waals surface area contributed by atoms with Crippen LogP contribution in [-0.2, 0) is 0 Å². The molecule has 0 N–H and O–H groups in total. The first-order chi connectivity index (χ1) is 10.2. The highest BCUT2D eigenvalue weighted by Crippen LogP contribution is 2.34. The number of halogens is 1. The van der Waals surface area contributed by atoms with E-state index in [2.05, 4.69) is 15.9 Å². The lowest BCUT2D eigenvalue weighted by Crippen LogP contribution is -2.15. The van der Waals surface area contributed by atoms with Crippen molar-refractivity contribution in [2.45, 2.75) is 4.90 Å². The van der Waals surface area contributed by atoms with Gasteiger partial charge in [-0.2, -0.15) is 0 Å². The van der Waals surface area contributed by atoms with Gasteiger partial charge in [0.15, 0.2) is 17.3 Å². The van der Waals surface area contributed by atoms with Gasteiger partial charge in [0, 0.05) is 14.9 Å². The highest BCUT2D eigenvalue weighted by Gasteiger charge is 2.13. The minimum Gasteiger partial charge on any atom is -0.486 e. The van der Waals surface area contributed by atoms with Gasteiger partial charge in [-0.3, -0.25) is 4.79 Å². The second kappa shape index (κ2) is 6.54. The molecule has 21 heavy (non-hydrogen) atoms. The summed E-state index contributed by atoms with van der Waals surface area (Å²) in [5.41, 5.74) is 0.717.